The lowest BCUT2D eigenvalue weighted by Gasteiger charge is -2.23. The molecule has 0 saturated carbocycles. The zero-order valence-electron chi connectivity index (χ0n) is 15.1. The average Bonchev–Trinajstić information content (AvgIpc) is 3.22. The molecule has 8 heteroatoms. The van der Waals surface area contributed by atoms with Crippen LogP contribution in [0.3, 0.4) is 0 Å². The van der Waals surface area contributed by atoms with Crippen molar-refractivity contribution in [2.45, 2.75) is 17.7 Å². The van der Waals surface area contributed by atoms with Crippen LogP contribution in [0.5, 0.6) is 0 Å². The summed E-state index contributed by atoms with van der Waals surface area (Å²) in [7, 11) is -4.07. The molecule has 1 N–H and O–H groups in total. The predicted octanol–water partition coefficient (Wildman–Crippen LogP) is 3.71. The van der Waals surface area contributed by atoms with Crippen molar-refractivity contribution in [2.24, 2.45) is 0 Å². The zero-order chi connectivity index (χ0) is 20.1. The van der Waals surface area contributed by atoms with Gasteiger partial charge in [-0.3, -0.25) is 9.10 Å². The monoisotopic (exact) mass is 418 g/mol. The van der Waals surface area contributed by atoms with Crippen LogP contribution in [0.2, 0.25) is 0 Å². The molecule has 0 spiro atoms. The quantitative estimate of drug-likeness (QED) is 0.636. The van der Waals surface area contributed by atoms with Crippen LogP contribution in [0.4, 0.5) is 10.1 Å². The molecular weight excluding hydrogens is 399 g/mol. The molecule has 0 aliphatic carbocycles. The maximum Gasteiger partial charge on any atom is 0.274 e. The fraction of sp³-hybridized carbons (Fsp3) is 0.150. The van der Waals surface area contributed by atoms with Crippen LogP contribution in [0.25, 0.3) is 0 Å². The molecule has 0 saturated heterocycles. The van der Waals surface area contributed by atoms with Crippen LogP contribution in [0.1, 0.15) is 11.1 Å². The van der Waals surface area contributed by atoms with E-state index in [9.17, 15) is 17.6 Å². The highest BCUT2D eigenvalue weighted by Gasteiger charge is 2.29. The van der Waals surface area contributed by atoms with Crippen LogP contribution in [0, 0.1) is 12.7 Å². The molecule has 2 aromatic carbocycles. The first-order valence-electron chi connectivity index (χ1n) is 8.51. The zero-order valence-corrected chi connectivity index (χ0v) is 16.8. The Morgan fingerprint density at radius 1 is 1.07 bits per heavy atom. The standard InChI is InChI=1S/C20H19FN2O3S2/c1-15-8-10-16(11-9-15)13-22-19(24)14-23(18-6-3-2-5-17(18)21)28(25,26)20-7-4-12-27-20/h2-12H,13-14H2,1H3,(H,22,24). The maximum absolute atomic E-state index is 14.3. The molecule has 146 valence electrons. The topological polar surface area (TPSA) is 66.5 Å². The van der Waals surface area contributed by atoms with E-state index in [-0.39, 0.29) is 16.4 Å². The largest absolute Gasteiger partial charge is 0.350 e. The van der Waals surface area contributed by atoms with E-state index in [0.29, 0.717) is 0 Å². The summed E-state index contributed by atoms with van der Waals surface area (Å²) in [5, 5.41) is 4.31. The maximum atomic E-state index is 14.3. The molecule has 1 heterocycles. The molecule has 28 heavy (non-hydrogen) atoms. The van der Waals surface area contributed by atoms with E-state index in [1.54, 1.807) is 11.4 Å². The summed E-state index contributed by atoms with van der Waals surface area (Å²) < 4.78 is 41.1. The number of carbonyl (C=O) groups is 1. The third-order valence-corrected chi connectivity index (χ3v) is 7.19. The van der Waals surface area contributed by atoms with Gasteiger partial charge in [0.1, 0.15) is 16.6 Å². The van der Waals surface area contributed by atoms with E-state index in [1.807, 2.05) is 31.2 Å². The van der Waals surface area contributed by atoms with Gasteiger partial charge >= 0.3 is 0 Å². The van der Waals surface area contributed by atoms with E-state index in [4.69, 9.17) is 0 Å². The molecule has 1 amide bonds. The summed E-state index contributed by atoms with van der Waals surface area (Å²) in [5.74, 6) is -1.24. The molecule has 0 aliphatic heterocycles. The molecule has 0 radical (unpaired) electrons. The van der Waals surface area contributed by atoms with Crippen molar-refractivity contribution in [3.05, 3.63) is 83.0 Å². The number of para-hydroxylation sites is 1. The van der Waals surface area contributed by atoms with Crippen molar-refractivity contribution >= 4 is 33.0 Å². The number of aryl methyl sites for hydroxylation is 1. The summed E-state index contributed by atoms with van der Waals surface area (Å²) in [6, 6.07) is 16.1. The normalized spacial score (nSPS) is 11.2. The Bertz CT molecular complexity index is 1050. The Labute approximate surface area is 167 Å². The molecular formula is C20H19FN2O3S2. The number of halogens is 1. The average molecular weight is 419 g/mol. The molecule has 0 bridgehead atoms. The third kappa shape index (κ3) is 4.58. The van der Waals surface area contributed by atoms with Crippen molar-refractivity contribution in [3.8, 4) is 0 Å². The van der Waals surface area contributed by atoms with Gasteiger partial charge in [-0.1, -0.05) is 48.0 Å². The van der Waals surface area contributed by atoms with Gasteiger partial charge < -0.3 is 5.32 Å². The number of anilines is 1. The van der Waals surface area contributed by atoms with Crippen LogP contribution >= 0.6 is 11.3 Å². The number of benzene rings is 2. The Balaban J connectivity index is 1.82. The fourth-order valence-corrected chi connectivity index (χ4v) is 5.10. The number of sulfonamides is 1. The molecule has 0 fully saturated rings. The Morgan fingerprint density at radius 3 is 2.43 bits per heavy atom. The first kappa shape index (κ1) is 20.0. The van der Waals surface area contributed by atoms with Crippen molar-refractivity contribution in [3.63, 3.8) is 0 Å². The molecule has 5 nitrogen and oxygen atoms in total. The molecule has 3 rings (SSSR count). The Kier molecular flexibility index (Phi) is 6.11. The van der Waals surface area contributed by atoms with Crippen molar-refractivity contribution in [1.29, 1.82) is 0 Å². The smallest absolute Gasteiger partial charge is 0.274 e. The van der Waals surface area contributed by atoms with E-state index in [0.717, 1.165) is 32.8 Å². The number of hydrogen-bond acceptors (Lipinski definition) is 4. The second kappa shape index (κ2) is 8.53. The summed E-state index contributed by atoms with van der Waals surface area (Å²) in [6.07, 6.45) is 0. The van der Waals surface area contributed by atoms with Crippen LogP contribution in [0.15, 0.2) is 70.3 Å². The van der Waals surface area contributed by atoms with Gasteiger partial charge in [-0.25, -0.2) is 12.8 Å². The fourth-order valence-electron chi connectivity index (χ4n) is 2.57. The van der Waals surface area contributed by atoms with Crippen molar-refractivity contribution < 1.29 is 17.6 Å². The number of carbonyl (C=O) groups excluding carboxylic acids is 1. The predicted molar refractivity (Wildman–Crippen MR) is 108 cm³/mol. The van der Waals surface area contributed by atoms with Crippen LogP contribution < -0.4 is 9.62 Å². The first-order chi connectivity index (χ1) is 13.4. The van der Waals surface area contributed by atoms with Gasteiger partial charge in [0.05, 0.1) is 5.69 Å². The summed E-state index contributed by atoms with van der Waals surface area (Å²) in [6.45, 7) is 1.69. The van der Waals surface area contributed by atoms with Gasteiger partial charge in [0.15, 0.2) is 0 Å². The summed E-state index contributed by atoms with van der Waals surface area (Å²) >= 11 is 1.01. The third-order valence-electron chi connectivity index (χ3n) is 4.06. The van der Waals surface area contributed by atoms with E-state index < -0.39 is 28.3 Å². The number of thiophene rings is 1. The van der Waals surface area contributed by atoms with Gasteiger partial charge in [-0.05, 0) is 36.1 Å². The summed E-state index contributed by atoms with van der Waals surface area (Å²) in [4.78, 5) is 12.5. The lowest BCUT2D eigenvalue weighted by Crippen LogP contribution is -2.40. The Hall–Kier alpha value is -2.71. The molecule has 0 unspecified atom stereocenters. The lowest BCUT2D eigenvalue weighted by molar-refractivity contribution is -0.119. The highest BCUT2D eigenvalue weighted by atomic mass is 32.2. The minimum atomic E-state index is -4.07. The molecule has 1 aromatic heterocycles. The van der Waals surface area contributed by atoms with Crippen LogP contribution in [-0.4, -0.2) is 20.9 Å². The second-order valence-corrected chi connectivity index (χ2v) is 9.19. The highest BCUT2D eigenvalue weighted by molar-refractivity contribution is 7.94. The number of rotatable bonds is 7. The minimum absolute atomic E-state index is 0.0436. The van der Waals surface area contributed by atoms with Crippen LogP contribution in [-0.2, 0) is 21.4 Å². The van der Waals surface area contributed by atoms with Crippen molar-refractivity contribution in [1.82, 2.24) is 5.32 Å². The summed E-state index contributed by atoms with van der Waals surface area (Å²) in [5.41, 5.74) is 1.82. The second-order valence-electron chi connectivity index (χ2n) is 6.16. The molecule has 3 aromatic rings. The number of amides is 1. The van der Waals surface area contributed by atoms with E-state index in [2.05, 4.69) is 5.32 Å². The van der Waals surface area contributed by atoms with E-state index >= 15 is 0 Å². The lowest BCUT2D eigenvalue weighted by atomic mass is 10.1. The number of nitrogens with zero attached hydrogens (tertiary/aromatic N) is 1. The van der Waals surface area contributed by atoms with Gasteiger partial charge in [0, 0.05) is 6.54 Å². The minimum Gasteiger partial charge on any atom is -0.350 e. The highest BCUT2D eigenvalue weighted by Crippen LogP contribution is 2.28. The number of nitrogens with one attached hydrogen (secondary N) is 1. The molecule has 0 atom stereocenters. The van der Waals surface area contributed by atoms with E-state index in [1.165, 1.54) is 24.3 Å². The number of hydrogen-bond donors (Lipinski definition) is 1. The molecule has 0 aliphatic rings. The van der Waals surface area contributed by atoms with Gasteiger partial charge in [0.2, 0.25) is 5.91 Å². The SMILES string of the molecule is Cc1ccc(CNC(=O)CN(c2ccccc2F)S(=O)(=O)c2cccs2)cc1. The van der Waals surface area contributed by atoms with Gasteiger partial charge in [0.25, 0.3) is 10.0 Å². The van der Waals surface area contributed by atoms with Gasteiger partial charge in [-0.2, -0.15) is 0 Å². The Morgan fingerprint density at radius 2 is 1.79 bits per heavy atom. The first-order valence-corrected chi connectivity index (χ1v) is 10.8. The van der Waals surface area contributed by atoms with Crippen molar-refractivity contribution in [2.75, 3.05) is 10.8 Å². The van der Waals surface area contributed by atoms with Gasteiger partial charge in [-0.15, -0.1) is 11.3 Å².